The Kier molecular flexibility index (Phi) is 4.19. The van der Waals surface area contributed by atoms with Gasteiger partial charge in [-0.2, -0.15) is 0 Å². The number of hydrogen-bond donors (Lipinski definition) is 0. The highest BCUT2D eigenvalue weighted by Gasteiger charge is 2.46. The van der Waals surface area contributed by atoms with E-state index >= 15 is 0 Å². The van der Waals surface area contributed by atoms with Crippen molar-refractivity contribution in [2.45, 2.75) is 64.2 Å². The summed E-state index contributed by atoms with van der Waals surface area (Å²) in [5.41, 5.74) is 1.12. The second-order valence-corrected chi connectivity index (χ2v) is 7.48. The van der Waals surface area contributed by atoms with Crippen molar-refractivity contribution in [2.75, 3.05) is 0 Å². The van der Waals surface area contributed by atoms with E-state index in [1.54, 1.807) is 0 Å². The lowest BCUT2D eigenvalue weighted by molar-refractivity contribution is -0.130. The van der Waals surface area contributed by atoms with Crippen LogP contribution in [0.1, 0.15) is 64.4 Å². The number of Topliss-reactive ketones (excluding diaryl/α,β-unsaturated/α-hetero) is 1. The lowest BCUT2D eigenvalue weighted by Crippen LogP contribution is -2.40. The molecule has 1 nitrogen and oxygen atoms in total. The molecule has 0 bridgehead atoms. The molecule has 2 saturated carbocycles. The van der Waals surface area contributed by atoms with E-state index in [4.69, 9.17) is 0 Å². The third kappa shape index (κ3) is 2.67. The maximum atomic E-state index is 13.4. The van der Waals surface area contributed by atoms with Crippen LogP contribution in [0, 0.1) is 17.8 Å². The first-order chi connectivity index (χ1) is 10.1. The van der Waals surface area contributed by atoms with E-state index in [-0.39, 0.29) is 5.41 Å². The summed E-state index contributed by atoms with van der Waals surface area (Å²) in [4.78, 5) is 13.4. The lowest BCUT2D eigenvalue weighted by Gasteiger charge is -2.37. The third-order valence-corrected chi connectivity index (χ3v) is 6.22. The number of ketones is 1. The number of rotatable bonds is 3. The van der Waals surface area contributed by atoms with Crippen LogP contribution in [0.3, 0.4) is 0 Å². The topological polar surface area (TPSA) is 17.1 Å². The first-order valence-corrected chi connectivity index (χ1v) is 8.73. The summed E-state index contributed by atoms with van der Waals surface area (Å²) < 4.78 is 0. The first kappa shape index (κ1) is 14.8. The Morgan fingerprint density at radius 1 is 1.00 bits per heavy atom. The van der Waals surface area contributed by atoms with Crippen molar-refractivity contribution in [1.82, 2.24) is 0 Å². The molecule has 0 spiro atoms. The molecule has 1 heteroatoms. The van der Waals surface area contributed by atoms with E-state index in [0.29, 0.717) is 17.6 Å². The number of carbonyl (C=O) groups excluding carboxylic acids is 1. The summed E-state index contributed by atoms with van der Waals surface area (Å²) in [7, 11) is 0. The van der Waals surface area contributed by atoms with Crippen molar-refractivity contribution in [3.8, 4) is 0 Å². The summed E-state index contributed by atoms with van der Waals surface area (Å²) in [5.74, 6) is 2.34. The van der Waals surface area contributed by atoms with Gasteiger partial charge in [0, 0.05) is 5.92 Å². The van der Waals surface area contributed by atoms with Crippen molar-refractivity contribution >= 4 is 5.78 Å². The third-order valence-electron chi connectivity index (χ3n) is 6.22. The second kappa shape index (κ2) is 5.94. The molecule has 0 aromatic heterocycles. The molecule has 0 amide bonds. The summed E-state index contributed by atoms with van der Waals surface area (Å²) in [6.45, 7) is 4.67. The lowest BCUT2D eigenvalue weighted by atomic mass is 9.65. The van der Waals surface area contributed by atoms with Crippen LogP contribution in [0.5, 0.6) is 0 Å². The van der Waals surface area contributed by atoms with Crippen LogP contribution in [0.4, 0.5) is 0 Å². The van der Waals surface area contributed by atoms with Gasteiger partial charge in [0.05, 0.1) is 5.41 Å². The quantitative estimate of drug-likeness (QED) is 0.751. The predicted octanol–water partition coefficient (Wildman–Crippen LogP) is 5.14. The maximum absolute atomic E-state index is 13.4. The minimum Gasteiger partial charge on any atom is -0.298 e. The average Bonchev–Trinajstić information content (AvgIpc) is 3.01. The van der Waals surface area contributed by atoms with E-state index in [1.807, 2.05) is 0 Å². The Hall–Kier alpha value is -1.11. The van der Waals surface area contributed by atoms with Crippen molar-refractivity contribution in [3.05, 3.63) is 35.9 Å². The van der Waals surface area contributed by atoms with Crippen LogP contribution in [0.25, 0.3) is 0 Å². The fraction of sp³-hybridized carbons (Fsp3) is 0.650. The Morgan fingerprint density at radius 2 is 1.67 bits per heavy atom. The molecule has 0 heterocycles. The molecule has 0 aliphatic heterocycles. The van der Waals surface area contributed by atoms with E-state index in [0.717, 1.165) is 31.6 Å². The fourth-order valence-electron chi connectivity index (χ4n) is 4.59. The molecule has 2 aliphatic carbocycles. The molecule has 3 unspecified atom stereocenters. The molecule has 1 aromatic rings. The molecule has 114 valence electrons. The van der Waals surface area contributed by atoms with E-state index < -0.39 is 0 Å². The van der Waals surface area contributed by atoms with Gasteiger partial charge in [0.15, 0.2) is 0 Å². The van der Waals surface area contributed by atoms with Crippen molar-refractivity contribution < 1.29 is 4.79 Å². The summed E-state index contributed by atoms with van der Waals surface area (Å²) in [5, 5.41) is 0. The molecule has 2 fully saturated rings. The van der Waals surface area contributed by atoms with Crippen LogP contribution < -0.4 is 0 Å². The van der Waals surface area contributed by atoms with Crippen molar-refractivity contribution in [2.24, 2.45) is 17.8 Å². The molecule has 21 heavy (non-hydrogen) atoms. The van der Waals surface area contributed by atoms with E-state index in [1.165, 1.54) is 24.8 Å². The van der Waals surface area contributed by atoms with Crippen molar-refractivity contribution in [3.63, 3.8) is 0 Å². The summed E-state index contributed by atoms with van der Waals surface area (Å²) in [6, 6.07) is 10.6. The van der Waals surface area contributed by atoms with Crippen LogP contribution in [0.15, 0.2) is 30.3 Å². The van der Waals surface area contributed by atoms with Gasteiger partial charge in [-0.25, -0.2) is 0 Å². The molecule has 0 saturated heterocycles. The van der Waals surface area contributed by atoms with Crippen LogP contribution in [-0.4, -0.2) is 5.78 Å². The zero-order chi connectivity index (χ0) is 14.9. The number of benzene rings is 1. The van der Waals surface area contributed by atoms with Gasteiger partial charge in [0.2, 0.25) is 0 Å². The Balaban J connectivity index is 1.86. The highest BCUT2D eigenvalue weighted by molar-refractivity contribution is 5.92. The minimum atomic E-state index is -0.160. The molecule has 0 N–H and O–H groups in total. The van der Waals surface area contributed by atoms with Gasteiger partial charge in [0.25, 0.3) is 0 Å². The molecule has 1 aromatic carbocycles. The van der Waals surface area contributed by atoms with Gasteiger partial charge in [-0.15, -0.1) is 0 Å². The second-order valence-electron chi connectivity index (χ2n) is 7.48. The number of carbonyl (C=O) groups is 1. The molecule has 3 rings (SSSR count). The zero-order valence-electron chi connectivity index (χ0n) is 13.5. The van der Waals surface area contributed by atoms with E-state index in [2.05, 4.69) is 44.2 Å². The largest absolute Gasteiger partial charge is 0.298 e. The van der Waals surface area contributed by atoms with Crippen LogP contribution in [0.2, 0.25) is 0 Å². The monoisotopic (exact) mass is 284 g/mol. The zero-order valence-corrected chi connectivity index (χ0v) is 13.5. The van der Waals surface area contributed by atoms with Gasteiger partial charge in [-0.1, -0.05) is 57.0 Å². The smallest absolute Gasteiger partial charge is 0.146 e. The first-order valence-electron chi connectivity index (χ1n) is 8.73. The molecular weight excluding hydrogens is 256 g/mol. The summed E-state index contributed by atoms with van der Waals surface area (Å²) >= 11 is 0. The average molecular weight is 284 g/mol. The normalized spacial score (nSPS) is 32.0. The molecule has 3 atom stereocenters. The molecular formula is C20H28O. The van der Waals surface area contributed by atoms with Gasteiger partial charge >= 0.3 is 0 Å². The highest BCUT2D eigenvalue weighted by Crippen LogP contribution is 2.46. The maximum Gasteiger partial charge on any atom is 0.146 e. The fourth-order valence-corrected chi connectivity index (χ4v) is 4.59. The number of hydrogen-bond acceptors (Lipinski definition) is 1. The van der Waals surface area contributed by atoms with E-state index in [9.17, 15) is 4.79 Å². The Labute approximate surface area is 129 Å². The summed E-state index contributed by atoms with van der Waals surface area (Å²) in [6.07, 6.45) is 7.99. The predicted molar refractivity (Wildman–Crippen MR) is 87.3 cm³/mol. The van der Waals surface area contributed by atoms with Crippen molar-refractivity contribution in [1.29, 1.82) is 0 Å². The van der Waals surface area contributed by atoms with Crippen LogP contribution >= 0.6 is 0 Å². The van der Waals surface area contributed by atoms with Gasteiger partial charge in [-0.05, 0) is 49.5 Å². The minimum absolute atomic E-state index is 0.160. The Bertz CT molecular complexity index is 484. The van der Waals surface area contributed by atoms with Gasteiger partial charge in [-0.3, -0.25) is 4.79 Å². The van der Waals surface area contributed by atoms with Crippen LogP contribution in [-0.2, 0) is 10.2 Å². The molecule has 0 radical (unpaired) electrons. The Morgan fingerprint density at radius 3 is 2.29 bits per heavy atom. The van der Waals surface area contributed by atoms with Gasteiger partial charge in [0.1, 0.15) is 5.78 Å². The van der Waals surface area contributed by atoms with Gasteiger partial charge < -0.3 is 0 Å². The molecule has 2 aliphatic rings. The highest BCUT2D eigenvalue weighted by atomic mass is 16.1. The SMILES string of the molecule is CC1CCC(C(=O)C2(c3ccccc3)CCCC2)CC1C. The standard InChI is InChI=1S/C20H28O/c1-15-10-11-17(14-16(15)2)19(21)20(12-6-7-13-20)18-8-4-3-5-9-18/h3-5,8-9,15-17H,6-7,10-14H2,1-2H3.